The molecule has 0 saturated heterocycles. The van der Waals surface area contributed by atoms with E-state index in [-0.39, 0.29) is 5.56 Å². The zero-order valence-corrected chi connectivity index (χ0v) is 7.97. The van der Waals surface area contributed by atoms with Crippen molar-refractivity contribution in [3.63, 3.8) is 0 Å². The van der Waals surface area contributed by atoms with Gasteiger partial charge in [0.25, 0.3) is 0 Å². The maximum Gasteiger partial charge on any atom is 0.422 e. The van der Waals surface area contributed by atoms with Gasteiger partial charge in [0, 0.05) is 0 Å². The van der Waals surface area contributed by atoms with Crippen LogP contribution in [0.1, 0.15) is 5.56 Å². The van der Waals surface area contributed by atoms with Crippen LogP contribution in [-0.2, 0) is 4.74 Å². The monoisotopic (exact) mass is 239 g/mol. The van der Waals surface area contributed by atoms with Crippen molar-refractivity contribution in [2.75, 3.05) is 6.67 Å². The van der Waals surface area contributed by atoms with Gasteiger partial charge in [0.1, 0.15) is 6.61 Å². The van der Waals surface area contributed by atoms with E-state index in [1.165, 1.54) is 24.3 Å². The molecule has 0 unspecified atom stereocenters. The zero-order chi connectivity index (χ0) is 12.2. The van der Waals surface area contributed by atoms with Crippen LogP contribution in [0.3, 0.4) is 0 Å². The van der Waals surface area contributed by atoms with Crippen LogP contribution < -0.4 is 0 Å². The standard InChI is InChI=1S/C10H8F5O/c11-7-9(12,13)10(14,15)16-6-8-4-2-1-3-5-8/h1-6H,7H2. The molecule has 1 radical (unpaired) electrons. The highest BCUT2D eigenvalue weighted by molar-refractivity contribution is 5.19. The SMILES string of the molecule is FCC(F)(F)C(F)(F)O[CH]c1ccccc1. The van der Waals surface area contributed by atoms with Gasteiger partial charge in [0.05, 0.1) is 0 Å². The summed E-state index contributed by atoms with van der Waals surface area (Å²) in [4.78, 5) is 0. The summed E-state index contributed by atoms with van der Waals surface area (Å²) in [5, 5.41) is 0. The molecule has 0 bridgehead atoms. The van der Waals surface area contributed by atoms with Crippen molar-refractivity contribution in [1.29, 1.82) is 0 Å². The first-order valence-electron chi connectivity index (χ1n) is 4.27. The van der Waals surface area contributed by atoms with Gasteiger partial charge in [-0.15, -0.1) is 0 Å². The third kappa shape index (κ3) is 2.91. The average molecular weight is 239 g/mol. The molecule has 16 heavy (non-hydrogen) atoms. The molecule has 0 amide bonds. The second-order valence-corrected chi connectivity index (χ2v) is 3.00. The van der Waals surface area contributed by atoms with Crippen LogP contribution in [-0.4, -0.2) is 18.7 Å². The summed E-state index contributed by atoms with van der Waals surface area (Å²) >= 11 is 0. The van der Waals surface area contributed by atoms with Gasteiger partial charge in [-0.05, 0) is 5.56 Å². The van der Waals surface area contributed by atoms with Gasteiger partial charge in [-0.1, -0.05) is 30.3 Å². The van der Waals surface area contributed by atoms with Gasteiger partial charge in [-0.3, -0.25) is 0 Å². The lowest BCUT2D eigenvalue weighted by molar-refractivity contribution is -0.336. The van der Waals surface area contributed by atoms with Gasteiger partial charge < -0.3 is 4.74 Å². The molecule has 6 heteroatoms. The van der Waals surface area contributed by atoms with Crippen molar-refractivity contribution in [3.8, 4) is 0 Å². The van der Waals surface area contributed by atoms with Crippen molar-refractivity contribution in [2.24, 2.45) is 0 Å². The molecule has 0 aromatic heterocycles. The van der Waals surface area contributed by atoms with Crippen LogP contribution in [0.5, 0.6) is 0 Å². The minimum atomic E-state index is -4.86. The van der Waals surface area contributed by atoms with Crippen LogP contribution in [0, 0.1) is 6.61 Å². The minimum Gasteiger partial charge on any atom is -0.304 e. The predicted molar refractivity (Wildman–Crippen MR) is 46.8 cm³/mol. The van der Waals surface area contributed by atoms with Crippen LogP contribution >= 0.6 is 0 Å². The number of ether oxygens (including phenoxy) is 1. The van der Waals surface area contributed by atoms with E-state index in [0.29, 0.717) is 6.61 Å². The predicted octanol–water partition coefficient (Wildman–Crippen LogP) is 3.41. The molecule has 0 saturated carbocycles. The number of alkyl halides is 5. The van der Waals surface area contributed by atoms with Gasteiger partial charge in [-0.25, -0.2) is 4.39 Å². The smallest absolute Gasteiger partial charge is 0.304 e. The average Bonchev–Trinajstić information content (AvgIpc) is 2.27. The van der Waals surface area contributed by atoms with Crippen molar-refractivity contribution >= 4 is 0 Å². The molecular weight excluding hydrogens is 231 g/mol. The van der Waals surface area contributed by atoms with Crippen LogP contribution in [0.15, 0.2) is 30.3 Å². The number of rotatable bonds is 5. The third-order valence-corrected chi connectivity index (χ3v) is 1.74. The molecule has 1 rings (SSSR count). The van der Waals surface area contributed by atoms with E-state index in [0.717, 1.165) is 0 Å². The quantitative estimate of drug-likeness (QED) is 0.715. The zero-order valence-electron chi connectivity index (χ0n) is 7.97. The summed E-state index contributed by atoms with van der Waals surface area (Å²) in [6, 6.07) is 7.40. The van der Waals surface area contributed by atoms with Crippen LogP contribution in [0.4, 0.5) is 22.0 Å². The molecule has 0 N–H and O–H groups in total. The number of halogens is 5. The van der Waals surface area contributed by atoms with E-state index < -0.39 is 18.7 Å². The van der Waals surface area contributed by atoms with Crippen molar-refractivity contribution in [2.45, 2.75) is 12.0 Å². The van der Waals surface area contributed by atoms with Crippen molar-refractivity contribution in [1.82, 2.24) is 0 Å². The van der Waals surface area contributed by atoms with Crippen LogP contribution in [0.25, 0.3) is 0 Å². The maximum atomic E-state index is 12.6. The topological polar surface area (TPSA) is 9.23 Å². The van der Waals surface area contributed by atoms with Crippen molar-refractivity contribution < 1.29 is 26.7 Å². The van der Waals surface area contributed by atoms with Crippen LogP contribution in [0.2, 0.25) is 0 Å². The first kappa shape index (κ1) is 12.9. The highest BCUT2D eigenvalue weighted by Crippen LogP contribution is 2.36. The Morgan fingerprint density at radius 3 is 2.12 bits per heavy atom. The van der Waals surface area contributed by atoms with Crippen molar-refractivity contribution in [3.05, 3.63) is 42.5 Å². The molecule has 0 aliphatic heterocycles. The Labute approximate surface area is 88.8 Å². The summed E-state index contributed by atoms with van der Waals surface area (Å²) in [7, 11) is 0. The van der Waals surface area contributed by atoms with E-state index in [9.17, 15) is 22.0 Å². The highest BCUT2D eigenvalue weighted by Gasteiger charge is 2.58. The largest absolute Gasteiger partial charge is 0.422 e. The fourth-order valence-corrected chi connectivity index (χ4v) is 0.838. The lowest BCUT2D eigenvalue weighted by atomic mass is 10.2. The minimum absolute atomic E-state index is 0.178. The van der Waals surface area contributed by atoms with Gasteiger partial charge >= 0.3 is 12.0 Å². The second kappa shape index (κ2) is 4.78. The van der Waals surface area contributed by atoms with E-state index in [4.69, 9.17) is 0 Å². The molecule has 0 fully saturated rings. The highest BCUT2D eigenvalue weighted by atomic mass is 19.3. The number of hydrogen-bond donors (Lipinski definition) is 0. The maximum absolute atomic E-state index is 12.6. The second-order valence-electron chi connectivity index (χ2n) is 3.00. The summed E-state index contributed by atoms with van der Waals surface area (Å²) in [5.74, 6) is -4.84. The Kier molecular flexibility index (Phi) is 3.85. The molecule has 0 spiro atoms. The van der Waals surface area contributed by atoms with Gasteiger partial charge in [-0.2, -0.15) is 17.6 Å². The van der Waals surface area contributed by atoms with E-state index in [2.05, 4.69) is 4.74 Å². The molecule has 1 aromatic rings. The third-order valence-electron chi connectivity index (χ3n) is 1.74. The Morgan fingerprint density at radius 1 is 1.06 bits per heavy atom. The summed E-state index contributed by atoms with van der Waals surface area (Å²) in [6.45, 7) is -2.02. The molecule has 0 heterocycles. The number of hydrogen-bond acceptors (Lipinski definition) is 1. The summed E-state index contributed by atoms with van der Waals surface area (Å²) in [6.07, 6.45) is -4.86. The molecule has 0 aliphatic carbocycles. The Morgan fingerprint density at radius 2 is 1.62 bits per heavy atom. The van der Waals surface area contributed by atoms with Gasteiger partial charge in [0.15, 0.2) is 6.67 Å². The lowest BCUT2D eigenvalue weighted by Crippen LogP contribution is -2.44. The Bertz CT molecular complexity index is 325. The molecule has 0 atom stereocenters. The van der Waals surface area contributed by atoms with E-state index in [1.54, 1.807) is 6.07 Å². The molecule has 1 aromatic carbocycles. The van der Waals surface area contributed by atoms with Gasteiger partial charge in [0.2, 0.25) is 0 Å². The molecular formula is C10H8F5O. The summed E-state index contributed by atoms with van der Waals surface area (Å²) in [5.41, 5.74) is 0.178. The molecule has 89 valence electrons. The Hall–Kier alpha value is -1.17. The normalized spacial score (nSPS) is 12.8. The molecule has 1 nitrogen and oxygen atoms in total. The fourth-order valence-electron chi connectivity index (χ4n) is 0.838. The molecule has 0 aliphatic rings. The first-order valence-corrected chi connectivity index (χ1v) is 4.27. The first-order chi connectivity index (χ1) is 7.39. The fraction of sp³-hybridized carbons (Fsp3) is 0.300. The van der Waals surface area contributed by atoms with E-state index in [1.807, 2.05) is 0 Å². The Balaban J connectivity index is 2.61. The number of benzene rings is 1. The summed E-state index contributed by atoms with van der Waals surface area (Å²) < 4.78 is 65.3. The lowest BCUT2D eigenvalue weighted by Gasteiger charge is -2.23. The van der Waals surface area contributed by atoms with E-state index >= 15 is 0 Å².